The molecule has 0 aliphatic carbocycles. The second kappa shape index (κ2) is 14.7. The number of rotatable bonds is 13. The molecule has 222 valence electrons. The van der Waals surface area contributed by atoms with Gasteiger partial charge in [0.05, 0.1) is 12.9 Å². The van der Waals surface area contributed by atoms with E-state index in [1.165, 1.54) is 12.0 Å². The molecule has 0 unspecified atom stereocenters. The average molecular weight is 592 g/mol. The molecule has 1 fully saturated rings. The van der Waals surface area contributed by atoms with Crippen LogP contribution in [0.15, 0.2) is 91.0 Å². The van der Waals surface area contributed by atoms with E-state index in [1.807, 2.05) is 66.7 Å². The van der Waals surface area contributed by atoms with Gasteiger partial charge in [0.25, 0.3) is 0 Å². The minimum Gasteiger partial charge on any atom is -0.469 e. The van der Waals surface area contributed by atoms with Crippen LogP contribution in [0, 0.1) is 0 Å². The first-order valence-electron chi connectivity index (χ1n) is 14.1. The molecule has 0 aromatic heterocycles. The summed E-state index contributed by atoms with van der Waals surface area (Å²) in [5, 5.41) is 2.82. The third kappa shape index (κ3) is 8.27. The van der Waals surface area contributed by atoms with Crippen molar-refractivity contribution < 1.29 is 27.5 Å². The Kier molecular flexibility index (Phi) is 10.9. The van der Waals surface area contributed by atoms with Crippen molar-refractivity contribution in [3.63, 3.8) is 0 Å². The monoisotopic (exact) mass is 591 g/mol. The number of nitrogens with zero attached hydrogens (tertiary/aromatic N) is 1. The fourth-order valence-corrected chi connectivity index (χ4v) is 6.67. The van der Waals surface area contributed by atoms with Crippen molar-refractivity contribution in [2.45, 2.75) is 49.4 Å². The standard InChI is InChI=1S/C32H37N3O6S/c1-41-28(36)20-11-21-33-31(37)27-19-12-22-35(27)32(38)30(34-42(39,40)23-24-13-5-2-6-14-24)29(25-15-7-3-8-16-25)26-17-9-4-10-18-26/h2-10,13-18,27,29-30,34H,11-12,19-23H2,1H3,(H,33,37)/t27-,30+/m0/s1. The number of nitrogens with one attached hydrogen (secondary N) is 2. The van der Waals surface area contributed by atoms with E-state index in [-0.39, 0.29) is 30.6 Å². The van der Waals surface area contributed by atoms with Crippen molar-refractivity contribution >= 4 is 27.8 Å². The molecule has 3 aromatic carbocycles. The molecule has 0 spiro atoms. The minimum absolute atomic E-state index is 0.172. The molecule has 9 nitrogen and oxygen atoms in total. The summed E-state index contributed by atoms with van der Waals surface area (Å²) < 4.78 is 34.5. The molecule has 42 heavy (non-hydrogen) atoms. The molecule has 0 bridgehead atoms. The number of amides is 2. The van der Waals surface area contributed by atoms with Gasteiger partial charge in [-0.05, 0) is 36.0 Å². The maximum Gasteiger partial charge on any atom is 0.305 e. The number of ether oxygens (including phenoxy) is 1. The summed E-state index contributed by atoms with van der Waals surface area (Å²) in [7, 11) is -2.67. The highest BCUT2D eigenvalue weighted by atomic mass is 32.2. The molecule has 1 saturated heterocycles. The van der Waals surface area contributed by atoms with Crippen LogP contribution >= 0.6 is 0 Å². The Morgan fingerprint density at radius 1 is 0.905 bits per heavy atom. The maximum atomic E-state index is 14.4. The third-order valence-corrected chi connectivity index (χ3v) is 8.67. The Bertz CT molecular complexity index is 1400. The van der Waals surface area contributed by atoms with Gasteiger partial charge in [0.1, 0.15) is 12.1 Å². The molecule has 0 radical (unpaired) electrons. The highest BCUT2D eigenvalue weighted by Crippen LogP contribution is 2.31. The van der Waals surface area contributed by atoms with E-state index in [1.54, 1.807) is 24.3 Å². The van der Waals surface area contributed by atoms with Crippen molar-refractivity contribution in [3.05, 3.63) is 108 Å². The molecule has 2 N–H and O–H groups in total. The zero-order valence-corrected chi connectivity index (χ0v) is 24.5. The van der Waals surface area contributed by atoms with Gasteiger partial charge in [-0.3, -0.25) is 14.4 Å². The quantitative estimate of drug-likeness (QED) is 0.232. The van der Waals surface area contributed by atoms with Crippen molar-refractivity contribution in [2.75, 3.05) is 20.2 Å². The summed E-state index contributed by atoms with van der Waals surface area (Å²) >= 11 is 0. The lowest BCUT2D eigenvalue weighted by molar-refractivity contribution is -0.141. The summed E-state index contributed by atoms with van der Waals surface area (Å²) in [6.07, 6.45) is 1.65. The predicted octanol–water partition coefficient (Wildman–Crippen LogP) is 3.37. The molecule has 1 aliphatic rings. The summed E-state index contributed by atoms with van der Waals surface area (Å²) in [5.74, 6) is -2.09. The van der Waals surface area contributed by atoms with Crippen molar-refractivity contribution in [2.24, 2.45) is 0 Å². The van der Waals surface area contributed by atoms with Crippen LogP contribution < -0.4 is 10.0 Å². The van der Waals surface area contributed by atoms with Gasteiger partial charge in [-0.1, -0.05) is 91.0 Å². The van der Waals surface area contributed by atoms with Gasteiger partial charge < -0.3 is 15.0 Å². The normalized spacial score (nSPS) is 15.8. The van der Waals surface area contributed by atoms with E-state index in [4.69, 9.17) is 0 Å². The van der Waals surface area contributed by atoms with Crippen LogP contribution in [0.3, 0.4) is 0 Å². The molecule has 1 heterocycles. The first kappa shape index (κ1) is 30.9. The molecular weight excluding hydrogens is 554 g/mol. The Labute approximate surface area is 247 Å². The minimum atomic E-state index is -3.98. The number of hydrogen-bond donors (Lipinski definition) is 2. The molecular formula is C32H37N3O6S. The summed E-state index contributed by atoms with van der Waals surface area (Å²) in [4.78, 5) is 40.5. The van der Waals surface area contributed by atoms with Gasteiger partial charge >= 0.3 is 5.97 Å². The van der Waals surface area contributed by atoms with Crippen molar-refractivity contribution in [3.8, 4) is 0 Å². The SMILES string of the molecule is COC(=O)CCCNC(=O)[C@@H]1CCCN1C(=O)[C@H](NS(=O)(=O)Cc1ccccc1)C(c1ccccc1)c1ccccc1. The number of sulfonamides is 1. The van der Waals surface area contributed by atoms with Crippen LogP contribution in [0.2, 0.25) is 0 Å². The van der Waals surface area contributed by atoms with E-state index >= 15 is 0 Å². The number of likely N-dealkylation sites (tertiary alicyclic amines) is 1. The first-order valence-corrected chi connectivity index (χ1v) is 15.7. The van der Waals surface area contributed by atoms with E-state index in [2.05, 4.69) is 14.8 Å². The zero-order valence-electron chi connectivity index (χ0n) is 23.6. The molecule has 10 heteroatoms. The Morgan fingerprint density at radius 3 is 2.05 bits per heavy atom. The van der Waals surface area contributed by atoms with Gasteiger partial charge in [-0.15, -0.1) is 0 Å². The largest absolute Gasteiger partial charge is 0.469 e. The molecule has 3 aromatic rings. The maximum absolute atomic E-state index is 14.4. The van der Waals surface area contributed by atoms with Crippen LogP contribution in [-0.2, 0) is 34.9 Å². The molecule has 4 rings (SSSR count). The summed E-state index contributed by atoms with van der Waals surface area (Å²) in [6, 6.07) is 25.5. The summed E-state index contributed by atoms with van der Waals surface area (Å²) in [5.41, 5.74) is 2.14. The van der Waals surface area contributed by atoms with Crippen LogP contribution in [0.5, 0.6) is 0 Å². The number of hydrogen-bond acceptors (Lipinski definition) is 6. The highest BCUT2D eigenvalue weighted by molar-refractivity contribution is 7.88. The summed E-state index contributed by atoms with van der Waals surface area (Å²) in [6.45, 7) is 0.586. The molecule has 2 atom stereocenters. The lowest BCUT2D eigenvalue weighted by Crippen LogP contribution is -2.55. The first-order chi connectivity index (χ1) is 20.3. The molecule has 0 saturated carbocycles. The number of benzene rings is 3. The lowest BCUT2D eigenvalue weighted by atomic mass is 9.84. The van der Waals surface area contributed by atoms with Gasteiger partial charge in [0, 0.05) is 25.4 Å². The van der Waals surface area contributed by atoms with E-state index in [0.29, 0.717) is 31.4 Å². The zero-order chi connectivity index (χ0) is 30.0. The van der Waals surface area contributed by atoms with Crippen LogP contribution in [0.25, 0.3) is 0 Å². The van der Waals surface area contributed by atoms with Gasteiger partial charge in [-0.2, -0.15) is 0 Å². The van der Waals surface area contributed by atoms with Gasteiger partial charge in [0.2, 0.25) is 21.8 Å². The highest BCUT2D eigenvalue weighted by Gasteiger charge is 2.42. The second-order valence-corrected chi connectivity index (χ2v) is 12.1. The van der Waals surface area contributed by atoms with Crippen LogP contribution in [0.4, 0.5) is 0 Å². The van der Waals surface area contributed by atoms with E-state index in [0.717, 1.165) is 11.1 Å². The lowest BCUT2D eigenvalue weighted by Gasteiger charge is -2.33. The predicted molar refractivity (Wildman–Crippen MR) is 160 cm³/mol. The third-order valence-electron chi connectivity index (χ3n) is 7.35. The second-order valence-electron chi connectivity index (χ2n) is 10.3. The van der Waals surface area contributed by atoms with Crippen LogP contribution in [-0.4, -0.2) is 63.4 Å². The van der Waals surface area contributed by atoms with Crippen LogP contribution in [0.1, 0.15) is 48.3 Å². The van der Waals surface area contributed by atoms with Gasteiger partial charge in [0.15, 0.2) is 0 Å². The Morgan fingerprint density at radius 2 is 1.48 bits per heavy atom. The smallest absolute Gasteiger partial charge is 0.305 e. The number of carbonyl (C=O) groups excluding carboxylic acids is 3. The Hall–Kier alpha value is -4.02. The topological polar surface area (TPSA) is 122 Å². The van der Waals surface area contributed by atoms with E-state index < -0.39 is 33.9 Å². The number of carbonyl (C=O) groups is 3. The Balaban J connectivity index is 1.65. The average Bonchev–Trinajstić information content (AvgIpc) is 3.50. The molecule has 1 aliphatic heterocycles. The van der Waals surface area contributed by atoms with Crippen molar-refractivity contribution in [1.29, 1.82) is 0 Å². The fourth-order valence-electron chi connectivity index (χ4n) is 5.33. The van der Waals surface area contributed by atoms with Gasteiger partial charge in [-0.25, -0.2) is 13.1 Å². The van der Waals surface area contributed by atoms with E-state index in [9.17, 15) is 22.8 Å². The van der Waals surface area contributed by atoms with Crippen molar-refractivity contribution in [1.82, 2.24) is 14.9 Å². The number of methoxy groups -OCH3 is 1. The fraction of sp³-hybridized carbons (Fsp3) is 0.344. The molecule has 2 amide bonds. The number of esters is 1.